The Labute approximate surface area is 117 Å². The molecule has 1 unspecified atom stereocenters. The zero-order valence-electron chi connectivity index (χ0n) is 11.1. The van der Waals surface area contributed by atoms with Crippen LogP contribution < -0.4 is 16.0 Å². The molecule has 1 aliphatic rings. The minimum absolute atomic E-state index is 0.0133. The summed E-state index contributed by atoms with van der Waals surface area (Å²) in [4.78, 5) is 9.61. The van der Waals surface area contributed by atoms with Crippen molar-refractivity contribution in [3.63, 3.8) is 0 Å². The molecule has 0 bridgehead atoms. The van der Waals surface area contributed by atoms with E-state index < -0.39 is 10.0 Å². The number of anilines is 1. The number of aromatic nitrogens is 2. The van der Waals surface area contributed by atoms with Gasteiger partial charge in [0.05, 0.1) is 25.1 Å². The number of likely N-dealkylation sites (N-methyl/N-ethyl adjacent to an activating group) is 1. The predicted octanol–water partition coefficient (Wildman–Crippen LogP) is -1.63. The van der Waals surface area contributed by atoms with Gasteiger partial charge in [0.25, 0.3) is 0 Å². The number of ether oxygens (including phenoxy) is 1. The Morgan fingerprint density at radius 3 is 2.80 bits per heavy atom. The van der Waals surface area contributed by atoms with Crippen LogP contribution in [-0.2, 0) is 14.8 Å². The quantitative estimate of drug-likeness (QED) is 0.438. The van der Waals surface area contributed by atoms with E-state index in [1.807, 2.05) is 7.05 Å². The van der Waals surface area contributed by atoms with Crippen LogP contribution in [0.15, 0.2) is 17.3 Å². The van der Waals surface area contributed by atoms with Crippen LogP contribution in [0.2, 0.25) is 0 Å². The number of hydrogen-bond donors (Lipinski definition) is 3. The number of nitrogens with zero attached hydrogens (tertiary/aromatic N) is 3. The van der Waals surface area contributed by atoms with Gasteiger partial charge in [-0.15, -0.1) is 0 Å². The fourth-order valence-electron chi connectivity index (χ4n) is 1.81. The normalized spacial score (nSPS) is 20.8. The maximum atomic E-state index is 12.0. The van der Waals surface area contributed by atoms with Crippen LogP contribution in [0.4, 0.5) is 5.95 Å². The summed E-state index contributed by atoms with van der Waals surface area (Å²) in [6.07, 6.45) is 2.23. The highest BCUT2D eigenvalue weighted by molar-refractivity contribution is 7.89. The summed E-state index contributed by atoms with van der Waals surface area (Å²) in [6, 6.07) is 0. The van der Waals surface area contributed by atoms with Gasteiger partial charge in [0.1, 0.15) is 4.90 Å². The van der Waals surface area contributed by atoms with Gasteiger partial charge in [0, 0.05) is 19.6 Å². The van der Waals surface area contributed by atoms with Crippen molar-refractivity contribution in [2.45, 2.75) is 11.0 Å². The first-order valence-electron chi connectivity index (χ1n) is 6.10. The zero-order valence-corrected chi connectivity index (χ0v) is 11.9. The highest BCUT2D eigenvalue weighted by Gasteiger charge is 2.21. The standard InChI is InChI=1S/C10H18N6O3S/c1-16-2-3-19-8(7-16)4-14-20(17,18)9-5-12-10(15-11)13-6-9/h5-6,8,14H,2-4,7,11H2,1H3,(H,12,13,15). The van der Waals surface area contributed by atoms with E-state index in [-0.39, 0.29) is 23.5 Å². The van der Waals surface area contributed by atoms with E-state index in [1.165, 1.54) is 12.4 Å². The monoisotopic (exact) mass is 302 g/mol. The molecule has 1 saturated heterocycles. The van der Waals surface area contributed by atoms with E-state index in [9.17, 15) is 8.42 Å². The van der Waals surface area contributed by atoms with Crippen molar-refractivity contribution < 1.29 is 13.2 Å². The van der Waals surface area contributed by atoms with E-state index >= 15 is 0 Å². The lowest BCUT2D eigenvalue weighted by molar-refractivity contribution is -0.0156. The highest BCUT2D eigenvalue weighted by atomic mass is 32.2. The summed E-state index contributed by atoms with van der Waals surface area (Å²) in [5, 5.41) is 0. The number of hydrazine groups is 1. The Morgan fingerprint density at radius 2 is 2.20 bits per heavy atom. The third-order valence-electron chi connectivity index (χ3n) is 2.91. The third-order valence-corrected chi connectivity index (χ3v) is 4.29. The molecule has 1 fully saturated rings. The molecule has 0 aromatic carbocycles. The summed E-state index contributed by atoms with van der Waals surface area (Å²) >= 11 is 0. The molecule has 112 valence electrons. The topological polar surface area (TPSA) is 122 Å². The van der Waals surface area contributed by atoms with Gasteiger partial charge in [0.15, 0.2) is 0 Å². The molecule has 0 aliphatic carbocycles. The van der Waals surface area contributed by atoms with Crippen molar-refractivity contribution in [2.24, 2.45) is 5.84 Å². The van der Waals surface area contributed by atoms with Crippen molar-refractivity contribution >= 4 is 16.0 Å². The van der Waals surface area contributed by atoms with Gasteiger partial charge in [-0.2, -0.15) is 0 Å². The molecule has 9 nitrogen and oxygen atoms in total. The van der Waals surface area contributed by atoms with Gasteiger partial charge in [-0.05, 0) is 7.05 Å². The molecular weight excluding hydrogens is 284 g/mol. The van der Waals surface area contributed by atoms with Crippen LogP contribution in [0.1, 0.15) is 0 Å². The van der Waals surface area contributed by atoms with Gasteiger partial charge in [-0.3, -0.25) is 5.43 Å². The maximum Gasteiger partial charge on any atom is 0.243 e. The molecule has 1 aromatic rings. The molecule has 0 saturated carbocycles. The Balaban J connectivity index is 1.96. The van der Waals surface area contributed by atoms with Crippen molar-refractivity contribution in [2.75, 3.05) is 38.7 Å². The Hall–Kier alpha value is -1.33. The second kappa shape index (κ2) is 6.41. The molecule has 20 heavy (non-hydrogen) atoms. The summed E-state index contributed by atoms with van der Waals surface area (Å²) < 4.78 is 32.1. The highest BCUT2D eigenvalue weighted by Crippen LogP contribution is 2.08. The predicted molar refractivity (Wildman–Crippen MR) is 72.3 cm³/mol. The molecule has 1 atom stereocenters. The smallest absolute Gasteiger partial charge is 0.243 e. The number of nitrogens with one attached hydrogen (secondary N) is 2. The van der Waals surface area contributed by atoms with E-state index in [0.717, 1.165) is 6.54 Å². The van der Waals surface area contributed by atoms with Crippen molar-refractivity contribution in [3.05, 3.63) is 12.4 Å². The van der Waals surface area contributed by atoms with Crippen molar-refractivity contribution in [1.82, 2.24) is 19.6 Å². The van der Waals surface area contributed by atoms with E-state index in [2.05, 4.69) is 25.0 Å². The number of morpholine rings is 1. The number of nitrogen functional groups attached to an aromatic ring is 1. The molecule has 0 spiro atoms. The number of hydrogen-bond acceptors (Lipinski definition) is 8. The molecule has 2 heterocycles. The van der Waals surface area contributed by atoms with E-state index in [4.69, 9.17) is 10.6 Å². The Morgan fingerprint density at radius 1 is 1.50 bits per heavy atom. The first kappa shape index (κ1) is 15.1. The Bertz CT molecular complexity index is 534. The van der Waals surface area contributed by atoms with Crippen LogP contribution in [0.5, 0.6) is 0 Å². The molecule has 10 heteroatoms. The zero-order chi connectivity index (χ0) is 14.6. The fraction of sp³-hybridized carbons (Fsp3) is 0.600. The van der Waals surface area contributed by atoms with Gasteiger partial charge < -0.3 is 9.64 Å². The van der Waals surface area contributed by atoms with Crippen LogP contribution in [0.25, 0.3) is 0 Å². The fourth-order valence-corrected chi connectivity index (χ4v) is 2.76. The summed E-state index contributed by atoms with van der Waals surface area (Å²) in [7, 11) is -1.68. The lowest BCUT2D eigenvalue weighted by Gasteiger charge is -2.29. The largest absolute Gasteiger partial charge is 0.374 e. The van der Waals surface area contributed by atoms with Gasteiger partial charge in [-0.1, -0.05) is 0 Å². The SMILES string of the molecule is CN1CCOC(CNS(=O)(=O)c2cnc(NN)nc2)C1. The van der Waals surface area contributed by atoms with Gasteiger partial charge >= 0.3 is 0 Å². The maximum absolute atomic E-state index is 12.0. The molecular formula is C10H18N6O3S. The van der Waals surface area contributed by atoms with Crippen molar-refractivity contribution in [1.29, 1.82) is 0 Å². The molecule has 1 aliphatic heterocycles. The number of sulfonamides is 1. The number of rotatable bonds is 5. The molecule has 2 rings (SSSR count). The second-order valence-electron chi connectivity index (χ2n) is 4.49. The molecule has 1 aromatic heterocycles. The van der Waals surface area contributed by atoms with E-state index in [0.29, 0.717) is 13.2 Å². The third kappa shape index (κ3) is 3.84. The first-order valence-corrected chi connectivity index (χ1v) is 7.58. The summed E-state index contributed by atoms with van der Waals surface area (Å²) in [5.74, 6) is 5.27. The van der Waals surface area contributed by atoms with Gasteiger partial charge in [0.2, 0.25) is 16.0 Å². The van der Waals surface area contributed by atoms with Crippen LogP contribution in [0, 0.1) is 0 Å². The van der Waals surface area contributed by atoms with Crippen molar-refractivity contribution in [3.8, 4) is 0 Å². The number of nitrogens with two attached hydrogens (primary N) is 1. The average molecular weight is 302 g/mol. The molecule has 4 N–H and O–H groups in total. The molecule has 0 amide bonds. The van der Waals surface area contributed by atoms with Gasteiger partial charge in [-0.25, -0.2) is 29.0 Å². The molecule has 0 radical (unpaired) electrons. The van der Waals surface area contributed by atoms with Crippen LogP contribution in [0.3, 0.4) is 0 Å². The lowest BCUT2D eigenvalue weighted by atomic mass is 10.3. The van der Waals surface area contributed by atoms with Crippen LogP contribution >= 0.6 is 0 Å². The lowest BCUT2D eigenvalue weighted by Crippen LogP contribution is -2.45. The summed E-state index contributed by atoms with van der Waals surface area (Å²) in [6.45, 7) is 2.35. The first-order chi connectivity index (χ1) is 9.51. The van der Waals surface area contributed by atoms with Crippen LogP contribution in [-0.4, -0.2) is 62.7 Å². The van der Waals surface area contributed by atoms with E-state index in [1.54, 1.807) is 0 Å². The average Bonchev–Trinajstić information content (AvgIpc) is 2.45. The minimum Gasteiger partial charge on any atom is -0.374 e. The Kier molecular flexibility index (Phi) is 4.83. The minimum atomic E-state index is -3.64. The summed E-state index contributed by atoms with van der Waals surface area (Å²) in [5.41, 5.74) is 2.23. The second-order valence-corrected chi connectivity index (χ2v) is 6.26.